The number of aliphatic hydroxyl groups excluding tert-OH is 1. The summed E-state index contributed by atoms with van der Waals surface area (Å²) in [5.41, 5.74) is 6.40. The summed E-state index contributed by atoms with van der Waals surface area (Å²) in [5.74, 6) is 0. The first-order valence-electron chi connectivity index (χ1n) is 4.52. The number of aliphatic hydroxyl groups is 1. The summed E-state index contributed by atoms with van der Waals surface area (Å²) in [4.78, 5) is 11.9. The highest BCUT2D eigenvalue weighted by molar-refractivity contribution is 14.1. The highest BCUT2D eigenvalue weighted by atomic mass is 127. The molecule has 0 atom stereocenters. The van der Waals surface area contributed by atoms with E-state index in [0.29, 0.717) is 6.54 Å². The van der Waals surface area contributed by atoms with Gasteiger partial charge in [-0.2, -0.15) is 0 Å². The van der Waals surface area contributed by atoms with Crippen LogP contribution in [0.3, 0.4) is 0 Å². The van der Waals surface area contributed by atoms with Gasteiger partial charge in [-0.05, 0) is 28.7 Å². The summed E-state index contributed by atoms with van der Waals surface area (Å²) in [6, 6.07) is 2.98. The number of hydrogen-bond acceptors (Lipinski definition) is 5. The van der Waals surface area contributed by atoms with Crippen LogP contribution in [0.4, 0.5) is 17.1 Å². The lowest BCUT2D eigenvalue weighted by Gasteiger charge is -2.19. The molecule has 0 aliphatic rings. The number of nitrogens with zero attached hydrogens (tertiary/aromatic N) is 2. The normalized spacial score (nSPS) is 10.2. The van der Waals surface area contributed by atoms with E-state index >= 15 is 0 Å². The molecule has 0 aliphatic heterocycles. The van der Waals surface area contributed by atoms with Gasteiger partial charge in [-0.3, -0.25) is 10.1 Å². The molecule has 88 valence electrons. The van der Waals surface area contributed by atoms with Gasteiger partial charge in [0, 0.05) is 23.2 Å². The number of benzene rings is 1. The molecular formula is C9H12IN3O3. The maximum absolute atomic E-state index is 10.6. The van der Waals surface area contributed by atoms with E-state index in [-0.39, 0.29) is 18.0 Å². The van der Waals surface area contributed by atoms with Gasteiger partial charge in [0.2, 0.25) is 0 Å². The molecule has 1 aromatic carbocycles. The molecule has 6 nitrogen and oxygen atoms in total. The van der Waals surface area contributed by atoms with Crippen molar-refractivity contribution in [1.82, 2.24) is 0 Å². The fourth-order valence-electron chi connectivity index (χ4n) is 1.29. The topological polar surface area (TPSA) is 92.6 Å². The van der Waals surface area contributed by atoms with Crippen LogP contribution >= 0.6 is 22.6 Å². The number of nitro benzene ring substituents is 1. The highest BCUT2D eigenvalue weighted by Gasteiger charge is 2.16. The van der Waals surface area contributed by atoms with Crippen LogP contribution in [0.5, 0.6) is 0 Å². The third-order valence-electron chi connectivity index (χ3n) is 2.14. The molecule has 16 heavy (non-hydrogen) atoms. The molecule has 0 spiro atoms. The lowest BCUT2D eigenvalue weighted by Crippen LogP contribution is -2.22. The smallest absolute Gasteiger partial charge is 0.293 e. The van der Waals surface area contributed by atoms with Crippen molar-refractivity contribution in [3.05, 3.63) is 25.8 Å². The SMILES string of the molecule is CN(CCO)c1cc(N)c([N+](=O)[O-])cc1I. The zero-order valence-corrected chi connectivity index (χ0v) is 10.8. The molecule has 0 aromatic heterocycles. The third kappa shape index (κ3) is 2.73. The Hall–Kier alpha value is -1.09. The Morgan fingerprint density at radius 3 is 2.75 bits per heavy atom. The summed E-state index contributed by atoms with van der Waals surface area (Å²) >= 11 is 2.01. The molecule has 1 aromatic rings. The second kappa shape index (κ2) is 5.30. The fraction of sp³-hybridized carbons (Fsp3) is 0.333. The van der Waals surface area contributed by atoms with Crippen molar-refractivity contribution >= 4 is 39.7 Å². The van der Waals surface area contributed by atoms with Crippen molar-refractivity contribution < 1.29 is 10.0 Å². The molecule has 0 fully saturated rings. The molecule has 0 heterocycles. The Kier molecular flexibility index (Phi) is 4.30. The average molecular weight is 337 g/mol. The lowest BCUT2D eigenvalue weighted by atomic mass is 10.2. The standard InChI is InChI=1S/C9H12IN3O3/c1-12(2-3-14)8-5-7(11)9(13(15)16)4-6(8)10/h4-5,14H,2-3,11H2,1H3. The number of anilines is 2. The Bertz CT molecular complexity index is 411. The van der Waals surface area contributed by atoms with Gasteiger partial charge in [0.05, 0.1) is 17.2 Å². The molecule has 3 N–H and O–H groups in total. The largest absolute Gasteiger partial charge is 0.395 e. The third-order valence-corrected chi connectivity index (χ3v) is 3.00. The Morgan fingerprint density at radius 2 is 2.25 bits per heavy atom. The van der Waals surface area contributed by atoms with Gasteiger partial charge in [-0.25, -0.2) is 0 Å². The van der Waals surface area contributed by atoms with Crippen LogP contribution in [-0.4, -0.2) is 30.2 Å². The van der Waals surface area contributed by atoms with Crippen LogP contribution in [-0.2, 0) is 0 Å². The minimum atomic E-state index is -0.507. The van der Waals surface area contributed by atoms with E-state index in [2.05, 4.69) is 0 Å². The first-order chi connectivity index (χ1) is 7.47. The van der Waals surface area contributed by atoms with Crippen LogP contribution in [0.25, 0.3) is 0 Å². The predicted octanol–water partition coefficient (Wildman–Crippen LogP) is 1.21. The minimum Gasteiger partial charge on any atom is -0.395 e. The summed E-state index contributed by atoms with van der Waals surface area (Å²) < 4.78 is 0.731. The van der Waals surface area contributed by atoms with E-state index in [4.69, 9.17) is 10.8 Å². The molecule has 0 unspecified atom stereocenters. The van der Waals surface area contributed by atoms with Crippen molar-refractivity contribution in [3.8, 4) is 0 Å². The second-order valence-corrected chi connectivity index (χ2v) is 4.43. The predicted molar refractivity (Wildman–Crippen MR) is 70.6 cm³/mol. The van der Waals surface area contributed by atoms with Crippen molar-refractivity contribution in [1.29, 1.82) is 0 Å². The monoisotopic (exact) mass is 337 g/mol. The molecule has 7 heteroatoms. The van der Waals surface area contributed by atoms with Crippen molar-refractivity contribution in [2.75, 3.05) is 30.8 Å². The molecule has 0 radical (unpaired) electrons. The fourth-order valence-corrected chi connectivity index (χ4v) is 2.15. The molecule has 0 amide bonds. The Balaban J connectivity index is 3.15. The van der Waals surface area contributed by atoms with Gasteiger partial charge in [0.25, 0.3) is 5.69 Å². The van der Waals surface area contributed by atoms with Gasteiger partial charge >= 0.3 is 0 Å². The summed E-state index contributed by atoms with van der Waals surface area (Å²) in [5, 5.41) is 19.5. The first kappa shape index (κ1) is 13.0. The van der Waals surface area contributed by atoms with Crippen molar-refractivity contribution in [2.45, 2.75) is 0 Å². The number of nitro groups is 1. The quantitative estimate of drug-likeness (QED) is 0.373. The number of hydrogen-bond donors (Lipinski definition) is 2. The maximum Gasteiger partial charge on any atom is 0.293 e. The van der Waals surface area contributed by atoms with E-state index in [1.165, 1.54) is 6.07 Å². The van der Waals surface area contributed by atoms with Crippen LogP contribution in [0.15, 0.2) is 12.1 Å². The zero-order chi connectivity index (χ0) is 12.3. The molecule has 0 aliphatic carbocycles. The second-order valence-electron chi connectivity index (χ2n) is 3.26. The first-order valence-corrected chi connectivity index (χ1v) is 5.60. The summed E-state index contributed by atoms with van der Waals surface area (Å²) in [6.45, 7) is 0.469. The summed E-state index contributed by atoms with van der Waals surface area (Å²) in [7, 11) is 1.79. The van der Waals surface area contributed by atoms with Crippen LogP contribution < -0.4 is 10.6 Å². The van der Waals surface area contributed by atoms with E-state index in [0.717, 1.165) is 9.26 Å². The molecule has 0 saturated heterocycles. The Labute approximate surface area is 106 Å². The highest BCUT2D eigenvalue weighted by Crippen LogP contribution is 2.31. The van der Waals surface area contributed by atoms with Gasteiger partial charge in [0.15, 0.2) is 0 Å². The number of likely N-dealkylation sites (N-methyl/N-ethyl adjacent to an activating group) is 1. The van der Waals surface area contributed by atoms with E-state index < -0.39 is 4.92 Å². The van der Waals surface area contributed by atoms with E-state index in [9.17, 15) is 10.1 Å². The number of nitrogen functional groups attached to an aromatic ring is 1. The Morgan fingerprint density at radius 1 is 1.62 bits per heavy atom. The number of nitrogens with two attached hydrogens (primary N) is 1. The van der Waals surface area contributed by atoms with Crippen LogP contribution in [0.1, 0.15) is 0 Å². The molecule has 1 rings (SSSR count). The van der Waals surface area contributed by atoms with Crippen LogP contribution in [0, 0.1) is 13.7 Å². The van der Waals surface area contributed by atoms with Gasteiger partial charge < -0.3 is 15.7 Å². The van der Waals surface area contributed by atoms with Gasteiger partial charge in [-0.1, -0.05) is 0 Å². The lowest BCUT2D eigenvalue weighted by molar-refractivity contribution is -0.384. The van der Waals surface area contributed by atoms with Gasteiger partial charge in [0.1, 0.15) is 5.69 Å². The average Bonchev–Trinajstić information content (AvgIpc) is 2.20. The maximum atomic E-state index is 10.6. The van der Waals surface area contributed by atoms with E-state index in [1.807, 2.05) is 22.6 Å². The molecular weight excluding hydrogens is 325 g/mol. The minimum absolute atomic E-state index is 0.0173. The summed E-state index contributed by atoms with van der Waals surface area (Å²) in [6.07, 6.45) is 0. The molecule has 0 bridgehead atoms. The van der Waals surface area contributed by atoms with Gasteiger partial charge in [-0.15, -0.1) is 0 Å². The van der Waals surface area contributed by atoms with Crippen molar-refractivity contribution in [2.24, 2.45) is 0 Å². The van der Waals surface area contributed by atoms with Crippen molar-refractivity contribution in [3.63, 3.8) is 0 Å². The zero-order valence-electron chi connectivity index (χ0n) is 8.68. The number of halogens is 1. The van der Waals surface area contributed by atoms with Crippen LogP contribution in [0.2, 0.25) is 0 Å². The number of rotatable bonds is 4. The molecule has 0 saturated carbocycles. The van der Waals surface area contributed by atoms with E-state index in [1.54, 1.807) is 18.0 Å².